The molecule has 0 fully saturated rings. The van der Waals surface area contributed by atoms with E-state index in [1.807, 2.05) is 20.9 Å². The molecule has 0 saturated heterocycles. The average molecular weight is 277 g/mol. The van der Waals surface area contributed by atoms with Crippen LogP contribution in [-0.4, -0.2) is 35.0 Å². The van der Waals surface area contributed by atoms with E-state index in [2.05, 4.69) is 17.9 Å². The van der Waals surface area contributed by atoms with E-state index in [9.17, 15) is 9.90 Å². The van der Waals surface area contributed by atoms with Crippen LogP contribution in [0.5, 0.6) is 0 Å². The Morgan fingerprint density at radius 2 is 1.80 bits per heavy atom. The van der Waals surface area contributed by atoms with Crippen LogP contribution in [0.4, 0.5) is 0 Å². The lowest BCUT2D eigenvalue weighted by Crippen LogP contribution is -2.36. The third kappa shape index (κ3) is 4.15. The van der Waals surface area contributed by atoms with Crippen LogP contribution in [0.2, 0.25) is 0 Å². The number of hydrogen-bond donors (Lipinski definition) is 1. The highest BCUT2D eigenvalue weighted by atomic mass is 16.3. The van der Waals surface area contributed by atoms with Crippen molar-refractivity contribution >= 4 is 5.78 Å². The maximum Gasteiger partial charge on any atom is 0.160 e. The van der Waals surface area contributed by atoms with Crippen LogP contribution in [0.25, 0.3) is 0 Å². The fourth-order valence-corrected chi connectivity index (χ4v) is 3.00. The van der Waals surface area contributed by atoms with E-state index in [-0.39, 0.29) is 5.78 Å². The maximum absolute atomic E-state index is 11.8. The largest absolute Gasteiger partial charge is 0.389 e. The van der Waals surface area contributed by atoms with Crippen LogP contribution in [0, 0.1) is 20.8 Å². The lowest BCUT2D eigenvalue weighted by atomic mass is 9.91. The van der Waals surface area contributed by atoms with Gasteiger partial charge in [0.15, 0.2) is 5.78 Å². The van der Waals surface area contributed by atoms with Crippen molar-refractivity contribution in [3.8, 4) is 0 Å². The molecule has 0 atom stereocenters. The minimum Gasteiger partial charge on any atom is -0.389 e. The molecule has 3 nitrogen and oxygen atoms in total. The number of carbonyl (C=O) groups excluding carboxylic acids is 1. The van der Waals surface area contributed by atoms with E-state index in [4.69, 9.17) is 0 Å². The molecule has 0 aliphatic rings. The first-order valence-corrected chi connectivity index (χ1v) is 7.04. The van der Waals surface area contributed by atoms with Crippen molar-refractivity contribution in [1.29, 1.82) is 0 Å². The molecule has 0 amide bonds. The van der Waals surface area contributed by atoms with Crippen molar-refractivity contribution in [2.24, 2.45) is 0 Å². The summed E-state index contributed by atoms with van der Waals surface area (Å²) in [6, 6.07) is 2.08. The van der Waals surface area contributed by atoms with Gasteiger partial charge in [0.2, 0.25) is 0 Å². The quantitative estimate of drug-likeness (QED) is 0.841. The first-order chi connectivity index (χ1) is 9.03. The molecule has 20 heavy (non-hydrogen) atoms. The lowest BCUT2D eigenvalue weighted by Gasteiger charge is -2.27. The normalized spacial score (nSPS) is 12.1. The predicted octanol–water partition coefficient (Wildman–Crippen LogP) is 3.02. The van der Waals surface area contributed by atoms with Crippen molar-refractivity contribution < 1.29 is 9.90 Å². The molecule has 0 aromatic heterocycles. The van der Waals surface area contributed by atoms with E-state index in [1.165, 1.54) is 11.1 Å². The highest BCUT2D eigenvalue weighted by Crippen LogP contribution is 2.24. The van der Waals surface area contributed by atoms with Crippen LogP contribution < -0.4 is 0 Å². The highest BCUT2D eigenvalue weighted by Gasteiger charge is 2.19. The highest BCUT2D eigenvalue weighted by molar-refractivity contribution is 5.97. The van der Waals surface area contributed by atoms with Crippen molar-refractivity contribution in [3.05, 3.63) is 33.9 Å². The smallest absolute Gasteiger partial charge is 0.160 e. The number of aliphatic hydroxyl groups is 1. The average Bonchev–Trinajstić information content (AvgIpc) is 2.20. The molecule has 0 radical (unpaired) electrons. The number of benzene rings is 1. The van der Waals surface area contributed by atoms with Crippen LogP contribution in [-0.2, 0) is 6.54 Å². The topological polar surface area (TPSA) is 40.5 Å². The van der Waals surface area contributed by atoms with E-state index in [0.29, 0.717) is 6.54 Å². The van der Waals surface area contributed by atoms with Crippen molar-refractivity contribution in [2.45, 2.75) is 53.7 Å². The standard InChI is InChI=1S/C17H27NO2/c1-11-8-12(2)16(14(4)19)13(3)15(11)9-18(7)10-17(5,6)20/h8,20H,9-10H2,1-7H3. The van der Waals surface area contributed by atoms with Crippen LogP contribution in [0.3, 0.4) is 0 Å². The second kappa shape index (κ2) is 6.06. The number of aryl methyl sites for hydroxylation is 2. The molecule has 0 aliphatic carbocycles. The van der Waals surface area contributed by atoms with E-state index in [1.54, 1.807) is 20.8 Å². The third-order valence-corrected chi connectivity index (χ3v) is 3.57. The number of Topliss-reactive ketones (excluding diaryl/α,β-unsaturated/α-hetero) is 1. The number of rotatable bonds is 5. The van der Waals surface area contributed by atoms with Gasteiger partial charge in [-0.3, -0.25) is 9.69 Å². The number of nitrogens with zero attached hydrogens (tertiary/aromatic N) is 1. The Kier molecular flexibility index (Phi) is 5.11. The Balaban J connectivity index is 3.13. The number of hydrogen-bond acceptors (Lipinski definition) is 3. The Morgan fingerprint density at radius 3 is 2.25 bits per heavy atom. The molecule has 1 aromatic carbocycles. The molecule has 3 heteroatoms. The predicted molar refractivity (Wildman–Crippen MR) is 83.3 cm³/mol. The first kappa shape index (κ1) is 16.9. The maximum atomic E-state index is 11.8. The van der Waals surface area contributed by atoms with Crippen LogP contribution in [0.15, 0.2) is 6.07 Å². The minimum absolute atomic E-state index is 0.117. The molecule has 1 rings (SSSR count). The van der Waals surface area contributed by atoms with Gasteiger partial charge in [0, 0.05) is 18.7 Å². The van der Waals surface area contributed by atoms with Gasteiger partial charge in [0.25, 0.3) is 0 Å². The Labute approximate surface area is 122 Å². The van der Waals surface area contributed by atoms with Gasteiger partial charge in [-0.05, 0) is 70.8 Å². The van der Waals surface area contributed by atoms with Crippen LogP contribution >= 0.6 is 0 Å². The van der Waals surface area contributed by atoms with Gasteiger partial charge in [0.05, 0.1) is 5.60 Å². The van der Waals surface area contributed by atoms with Gasteiger partial charge in [-0.1, -0.05) is 6.07 Å². The zero-order valence-electron chi connectivity index (χ0n) is 13.8. The van der Waals surface area contributed by atoms with Crippen molar-refractivity contribution in [2.75, 3.05) is 13.6 Å². The van der Waals surface area contributed by atoms with Gasteiger partial charge >= 0.3 is 0 Å². The molecular formula is C17H27NO2. The first-order valence-electron chi connectivity index (χ1n) is 7.04. The minimum atomic E-state index is -0.718. The molecule has 112 valence electrons. The molecule has 0 heterocycles. The van der Waals surface area contributed by atoms with Gasteiger partial charge in [0.1, 0.15) is 0 Å². The zero-order chi connectivity index (χ0) is 15.7. The molecule has 1 N–H and O–H groups in total. The summed E-state index contributed by atoms with van der Waals surface area (Å²) in [6.07, 6.45) is 0. The molecule has 0 unspecified atom stereocenters. The van der Waals surface area contributed by atoms with Gasteiger partial charge in [-0.15, -0.1) is 0 Å². The summed E-state index contributed by atoms with van der Waals surface area (Å²) in [5.74, 6) is 0.117. The summed E-state index contributed by atoms with van der Waals surface area (Å²) in [5, 5.41) is 9.90. The number of likely N-dealkylation sites (N-methyl/N-ethyl adjacent to an activating group) is 1. The second-order valence-electron chi connectivity index (χ2n) is 6.53. The summed E-state index contributed by atoms with van der Waals surface area (Å²) in [4.78, 5) is 13.9. The molecular weight excluding hydrogens is 250 g/mol. The van der Waals surface area contributed by atoms with E-state index < -0.39 is 5.60 Å². The molecule has 0 bridgehead atoms. The summed E-state index contributed by atoms with van der Waals surface area (Å²) >= 11 is 0. The Bertz CT molecular complexity index is 513. The third-order valence-electron chi connectivity index (χ3n) is 3.57. The SMILES string of the molecule is CC(=O)c1c(C)cc(C)c(CN(C)CC(C)(C)O)c1C. The monoisotopic (exact) mass is 277 g/mol. The van der Waals surface area contributed by atoms with E-state index >= 15 is 0 Å². The molecule has 0 spiro atoms. The van der Waals surface area contributed by atoms with Crippen molar-refractivity contribution in [3.63, 3.8) is 0 Å². The van der Waals surface area contributed by atoms with Gasteiger partial charge in [-0.25, -0.2) is 0 Å². The molecule has 0 aliphatic heterocycles. The fourth-order valence-electron chi connectivity index (χ4n) is 3.00. The molecule has 1 aromatic rings. The lowest BCUT2D eigenvalue weighted by molar-refractivity contribution is 0.0423. The zero-order valence-corrected chi connectivity index (χ0v) is 13.8. The second-order valence-corrected chi connectivity index (χ2v) is 6.53. The Hall–Kier alpha value is -1.19. The van der Waals surface area contributed by atoms with Crippen LogP contribution in [0.1, 0.15) is 53.4 Å². The number of ketones is 1. The summed E-state index contributed by atoms with van der Waals surface area (Å²) in [6.45, 7) is 12.6. The van der Waals surface area contributed by atoms with Gasteiger partial charge in [-0.2, -0.15) is 0 Å². The Morgan fingerprint density at radius 1 is 1.25 bits per heavy atom. The summed E-state index contributed by atoms with van der Waals surface area (Å²) in [7, 11) is 1.99. The van der Waals surface area contributed by atoms with E-state index in [0.717, 1.165) is 23.2 Å². The fraction of sp³-hybridized carbons (Fsp3) is 0.588. The number of carbonyl (C=O) groups is 1. The molecule has 0 saturated carbocycles. The van der Waals surface area contributed by atoms with Gasteiger partial charge < -0.3 is 5.11 Å². The summed E-state index contributed by atoms with van der Waals surface area (Å²) < 4.78 is 0. The summed E-state index contributed by atoms with van der Waals surface area (Å²) in [5.41, 5.74) is 4.62. The van der Waals surface area contributed by atoms with Crippen molar-refractivity contribution in [1.82, 2.24) is 4.90 Å².